The molecule has 0 amide bonds. The molecule has 100 valence electrons. The third-order valence-electron chi connectivity index (χ3n) is 3.94. The largest absolute Gasteiger partial charge is 0.314 e. The number of nitrogens with zero attached hydrogens (tertiary/aromatic N) is 1. The lowest BCUT2D eigenvalue weighted by molar-refractivity contribution is 1.19. The summed E-state index contributed by atoms with van der Waals surface area (Å²) in [7, 11) is 0. The molecule has 1 heterocycles. The average Bonchev–Trinajstić information content (AvgIpc) is 2.80. The molecule has 3 rings (SSSR count). The van der Waals surface area contributed by atoms with Gasteiger partial charge in [-0.05, 0) is 44.5 Å². The van der Waals surface area contributed by atoms with Crippen molar-refractivity contribution in [1.29, 1.82) is 0 Å². The Balaban J connectivity index is 2.51. The molecule has 0 aliphatic heterocycles. The second-order valence-corrected chi connectivity index (χ2v) is 5.29. The van der Waals surface area contributed by atoms with Gasteiger partial charge in [-0.1, -0.05) is 42.5 Å². The number of benzene rings is 2. The maximum absolute atomic E-state index is 4.05. The molecule has 1 aromatic heterocycles. The van der Waals surface area contributed by atoms with Crippen molar-refractivity contribution in [3.63, 3.8) is 0 Å². The van der Waals surface area contributed by atoms with Crippen molar-refractivity contribution >= 4 is 33.1 Å². The molecule has 0 saturated heterocycles. The predicted octanol–water partition coefficient (Wildman–Crippen LogP) is 5.71. The molecule has 1 heteroatoms. The van der Waals surface area contributed by atoms with Gasteiger partial charge in [-0.2, -0.15) is 0 Å². The van der Waals surface area contributed by atoms with Crippen LogP contribution < -0.4 is 0 Å². The van der Waals surface area contributed by atoms with E-state index in [0.717, 1.165) is 5.57 Å². The molecule has 0 unspecified atom stereocenters. The van der Waals surface area contributed by atoms with E-state index in [-0.39, 0.29) is 0 Å². The number of para-hydroxylation sites is 1. The Morgan fingerprint density at radius 1 is 1.00 bits per heavy atom. The molecule has 2 aromatic carbocycles. The summed E-state index contributed by atoms with van der Waals surface area (Å²) in [5, 5.41) is 2.59. The van der Waals surface area contributed by atoms with E-state index >= 15 is 0 Å². The van der Waals surface area contributed by atoms with Gasteiger partial charge in [0, 0.05) is 16.5 Å². The number of allylic oxidation sites excluding steroid dienone is 3. The van der Waals surface area contributed by atoms with Crippen LogP contribution in [-0.4, -0.2) is 4.57 Å². The van der Waals surface area contributed by atoms with E-state index in [9.17, 15) is 0 Å². The van der Waals surface area contributed by atoms with Gasteiger partial charge in [0.05, 0.1) is 11.0 Å². The van der Waals surface area contributed by atoms with Crippen LogP contribution in [0.5, 0.6) is 0 Å². The second kappa shape index (κ2) is 4.68. The van der Waals surface area contributed by atoms with Crippen LogP contribution in [0, 0.1) is 0 Å². The third kappa shape index (κ3) is 1.78. The molecule has 0 saturated carbocycles. The van der Waals surface area contributed by atoms with Crippen LogP contribution in [0.15, 0.2) is 55.1 Å². The summed E-state index contributed by atoms with van der Waals surface area (Å²) in [6.07, 6.45) is 2.15. The van der Waals surface area contributed by atoms with Crippen LogP contribution in [-0.2, 0) is 0 Å². The van der Waals surface area contributed by atoms with Crippen molar-refractivity contribution in [3.8, 4) is 0 Å². The number of rotatable bonds is 2. The van der Waals surface area contributed by atoms with E-state index in [1.807, 2.05) is 0 Å². The fourth-order valence-electron chi connectivity index (χ4n) is 2.75. The van der Waals surface area contributed by atoms with Gasteiger partial charge in [0.2, 0.25) is 0 Å². The van der Waals surface area contributed by atoms with Gasteiger partial charge in [-0.15, -0.1) is 0 Å². The predicted molar refractivity (Wildman–Crippen MR) is 89.8 cm³/mol. The minimum atomic E-state index is 1.10. The van der Waals surface area contributed by atoms with Gasteiger partial charge in [-0.25, -0.2) is 0 Å². The summed E-state index contributed by atoms with van der Waals surface area (Å²) in [4.78, 5) is 0. The van der Waals surface area contributed by atoms with Gasteiger partial charge < -0.3 is 4.57 Å². The van der Waals surface area contributed by atoms with Crippen molar-refractivity contribution in [3.05, 3.63) is 60.7 Å². The number of fused-ring (bicyclic) bond motifs is 3. The molecular weight excluding hydrogens is 242 g/mol. The molecule has 20 heavy (non-hydrogen) atoms. The summed E-state index contributed by atoms with van der Waals surface area (Å²) < 4.78 is 2.33. The van der Waals surface area contributed by atoms with Crippen LogP contribution in [0.2, 0.25) is 0 Å². The molecule has 0 N–H and O–H groups in total. The monoisotopic (exact) mass is 261 g/mol. The fraction of sp³-hybridized carbons (Fsp3) is 0.158. The minimum absolute atomic E-state index is 1.10. The molecule has 0 aliphatic carbocycles. The Bertz CT molecular complexity index is 847. The number of hydrogen-bond donors (Lipinski definition) is 0. The Hall–Kier alpha value is -2.28. The van der Waals surface area contributed by atoms with Crippen LogP contribution in [0.25, 0.3) is 33.1 Å². The maximum atomic E-state index is 4.05. The van der Waals surface area contributed by atoms with Gasteiger partial charge in [0.25, 0.3) is 0 Å². The molecule has 0 fully saturated rings. The van der Waals surface area contributed by atoms with Crippen LogP contribution in [0.3, 0.4) is 0 Å². The van der Waals surface area contributed by atoms with E-state index in [4.69, 9.17) is 0 Å². The molecule has 0 spiro atoms. The van der Waals surface area contributed by atoms with Crippen LogP contribution >= 0.6 is 0 Å². The smallest absolute Gasteiger partial charge is 0.0538 e. The average molecular weight is 261 g/mol. The molecule has 3 aromatic rings. The van der Waals surface area contributed by atoms with E-state index in [1.54, 1.807) is 0 Å². The van der Waals surface area contributed by atoms with Gasteiger partial charge in [-0.3, -0.25) is 0 Å². The van der Waals surface area contributed by atoms with Crippen molar-refractivity contribution in [1.82, 2.24) is 4.57 Å². The highest BCUT2D eigenvalue weighted by atomic mass is 15.0. The van der Waals surface area contributed by atoms with Gasteiger partial charge in [0.15, 0.2) is 0 Å². The van der Waals surface area contributed by atoms with Crippen molar-refractivity contribution in [2.75, 3.05) is 0 Å². The first kappa shape index (κ1) is 12.7. The van der Waals surface area contributed by atoms with E-state index in [1.165, 1.54) is 33.1 Å². The van der Waals surface area contributed by atoms with E-state index < -0.39 is 0 Å². The Kier molecular flexibility index (Phi) is 2.98. The van der Waals surface area contributed by atoms with Crippen molar-refractivity contribution in [2.24, 2.45) is 0 Å². The molecule has 0 bridgehead atoms. The molecule has 0 atom stereocenters. The van der Waals surface area contributed by atoms with Crippen molar-refractivity contribution in [2.45, 2.75) is 20.8 Å². The lowest BCUT2D eigenvalue weighted by Crippen LogP contribution is -1.92. The quantitative estimate of drug-likeness (QED) is 0.557. The summed E-state index contributed by atoms with van der Waals surface area (Å²) in [6, 6.07) is 15.2. The summed E-state index contributed by atoms with van der Waals surface area (Å²) in [5.74, 6) is 0. The first-order chi connectivity index (χ1) is 9.63. The number of hydrogen-bond acceptors (Lipinski definition) is 0. The highest BCUT2D eigenvalue weighted by molar-refractivity contribution is 6.10. The number of aromatic nitrogens is 1. The van der Waals surface area contributed by atoms with Crippen LogP contribution in [0.1, 0.15) is 26.3 Å². The summed E-state index contributed by atoms with van der Waals surface area (Å²) in [6.45, 7) is 10.3. The zero-order valence-corrected chi connectivity index (χ0v) is 12.3. The maximum Gasteiger partial charge on any atom is 0.0538 e. The zero-order chi connectivity index (χ0) is 14.3. The van der Waals surface area contributed by atoms with Gasteiger partial charge in [0.1, 0.15) is 0 Å². The normalized spacial score (nSPS) is 12.2. The van der Waals surface area contributed by atoms with E-state index in [0.29, 0.717) is 0 Å². The Morgan fingerprint density at radius 2 is 1.70 bits per heavy atom. The zero-order valence-electron chi connectivity index (χ0n) is 12.3. The standard InChI is InChI=1S/C19H19N/c1-5-14(4)20-18-9-7-6-8-16(18)17-12-15(13(2)3)10-11-19(17)20/h5-12H,2H2,1,3-4H3/b14-5+. The molecule has 0 aliphatic rings. The van der Waals surface area contributed by atoms with Gasteiger partial charge >= 0.3 is 0 Å². The first-order valence-electron chi connectivity index (χ1n) is 6.96. The molecular formula is C19H19N. The lowest BCUT2D eigenvalue weighted by Gasteiger charge is -2.07. The van der Waals surface area contributed by atoms with Crippen LogP contribution in [0.4, 0.5) is 0 Å². The first-order valence-corrected chi connectivity index (χ1v) is 6.96. The molecule has 0 radical (unpaired) electrons. The minimum Gasteiger partial charge on any atom is -0.314 e. The highest BCUT2D eigenvalue weighted by Gasteiger charge is 2.11. The molecule has 1 nitrogen and oxygen atoms in total. The second-order valence-electron chi connectivity index (χ2n) is 5.29. The Morgan fingerprint density at radius 3 is 2.40 bits per heavy atom. The highest BCUT2D eigenvalue weighted by Crippen LogP contribution is 2.33. The van der Waals surface area contributed by atoms with Crippen molar-refractivity contribution < 1.29 is 0 Å². The topological polar surface area (TPSA) is 4.93 Å². The SMILES string of the molecule is C=C(C)c1ccc2c(c1)c1ccccc1n2/C(C)=C/C. The summed E-state index contributed by atoms with van der Waals surface area (Å²) in [5.41, 5.74) is 6.08. The lowest BCUT2D eigenvalue weighted by atomic mass is 10.1. The fourth-order valence-corrected chi connectivity index (χ4v) is 2.75. The third-order valence-corrected chi connectivity index (χ3v) is 3.94. The Labute approximate surface area is 119 Å². The van der Waals surface area contributed by atoms with E-state index in [2.05, 4.69) is 80.5 Å². The summed E-state index contributed by atoms with van der Waals surface area (Å²) >= 11 is 0.